The first kappa shape index (κ1) is 15.1. The second kappa shape index (κ2) is 8.23. The van der Waals surface area contributed by atoms with Gasteiger partial charge in [0, 0.05) is 24.0 Å². The highest BCUT2D eigenvalue weighted by Crippen LogP contribution is 2.13. The number of carbonyl (C=O) groups excluding carboxylic acids is 1. The predicted molar refractivity (Wildman–Crippen MR) is 75.2 cm³/mol. The van der Waals surface area contributed by atoms with Crippen molar-refractivity contribution < 1.29 is 19.1 Å². The molecule has 0 aliphatic rings. The molecule has 0 atom stereocenters. The minimum absolute atomic E-state index is 0.309. The molecule has 1 amide bonds. The van der Waals surface area contributed by atoms with E-state index in [1.165, 1.54) is 6.08 Å². The summed E-state index contributed by atoms with van der Waals surface area (Å²) in [6, 6.07) is 8.83. The van der Waals surface area contributed by atoms with E-state index in [9.17, 15) is 9.90 Å². The Bertz CT molecular complexity index is 471. The van der Waals surface area contributed by atoms with Crippen molar-refractivity contribution in [3.8, 4) is 0 Å². The number of aliphatic hydroxyl groups is 1. The number of amides is 1. The molecule has 1 aromatic carbocycles. The Labute approximate surface area is 116 Å². The van der Waals surface area contributed by atoms with Gasteiger partial charge in [0.05, 0.1) is 0 Å². The van der Waals surface area contributed by atoms with Crippen LogP contribution in [0.3, 0.4) is 0 Å². The first-order valence-electron chi connectivity index (χ1n) is 5.48. The Hall–Kier alpha value is -1.92. The van der Waals surface area contributed by atoms with Gasteiger partial charge >= 0.3 is 0 Å². The number of anilines is 1. The molecule has 0 heterocycles. The largest absolute Gasteiger partial charge is 0.504 e. The molecule has 19 heavy (non-hydrogen) atoms. The lowest BCUT2D eigenvalue weighted by molar-refractivity contribution is -0.161. The number of rotatable bonds is 6. The Kier molecular flexibility index (Phi) is 6.56. The maximum absolute atomic E-state index is 12.0. The third kappa shape index (κ3) is 5.07. The minimum Gasteiger partial charge on any atom is -0.504 e. The molecule has 2 N–H and O–H groups in total. The van der Waals surface area contributed by atoms with Crippen molar-refractivity contribution in [1.82, 2.24) is 0 Å². The summed E-state index contributed by atoms with van der Waals surface area (Å²) >= 11 is 0.918. The molecule has 102 valence electrons. The highest BCUT2D eigenvalue weighted by Gasteiger charge is 2.18. The third-order valence-corrected chi connectivity index (χ3v) is 2.18. The molecule has 0 spiro atoms. The van der Waals surface area contributed by atoms with Gasteiger partial charge in [0.1, 0.15) is 0 Å². The standard InChI is InChI=1S/C13H15NO4S/c1-3-7-11(15)12(17-18-19-2)13(16)14-10-8-5-4-6-9-10/h3-9,15H,1-2H3,(H,14,16)/b7-3?,12-11-. The molecule has 1 rings (SSSR count). The summed E-state index contributed by atoms with van der Waals surface area (Å²) in [5.41, 5.74) is 0.589. The Balaban J connectivity index is 2.86. The van der Waals surface area contributed by atoms with Crippen LogP contribution in [0.25, 0.3) is 0 Å². The molecular formula is C13H15NO4S. The van der Waals surface area contributed by atoms with Gasteiger partial charge in [0.2, 0.25) is 0 Å². The zero-order valence-corrected chi connectivity index (χ0v) is 11.4. The summed E-state index contributed by atoms with van der Waals surface area (Å²) in [5, 5.41) is 12.3. The quantitative estimate of drug-likeness (QED) is 0.209. The van der Waals surface area contributed by atoms with Crippen LogP contribution >= 0.6 is 12.0 Å². The molecule has 0 radical (unpaired) electrons. The number of aliphatic hydroxyl groups excluding tert-OH is 1. The molecule has 0 aromatic heterocycles. The van der Waals surface area contributed by atoms with Crippen molar-refractivity contribution in [1.29, 1.82) is 0 Å². The number of hydrogen-bond acceptors (Lipinski definition) is 5. The topological polar surface area (TPSA) is 67.8 Å². The maximum atomic E-state index is 12.0. The Morgan fingerprint density at radius 3 is 2.63 bits per heavy atom. The average Bonchev–Trinajstić information content (AvgIpc) is 2.40. The van der Waals surface area contributed by atoms with Gasteiger partial charge in [-0.25, -0.2) is 0 Å². The number of benzene rings is 1. The van der Waals surface area contributed by atoms with Gasteiger partial charge < -0.3 is 15.3 Å². The van der Waals surface area contributed by atoms with Crippen LogP contribution in [0.1, 0.15) is 6.92 Å². The van der Waals surface area contributed by atoms with Crippen LogP contribution in [-0.2, 0) is 14.0 Å². The fourth-order valence-corrected chi connectivity index (χ4v) is 1.34. The third-order valence-electron chi connectivity index (χ3n) is 1.98. The zero-order valence-electron chi connectivity index (χ0n) is 10.6. The fourth-order valence-electron chi connectivity index (χ4n) is 1.21. The van der Waals surface area contributed by atoms with E-state index in [4.69, 9.17) is 4.89 Å². The Morgan fingerprint density at radius 1 is 1.37 bits per heavy atom. The van der Waals surface area contributed by atoms with E-state index in [1.807, 2.05) is 6.07 Å². The average molecular weight is 281 g/mol. The van der Waals surface area contributed by atoms with Crippen LogP contribution in [-0.4, -0.2) is 17.3 Å². The number of carbonyl (C=O) groups is 1. The molecule has 0 aliphatic carbocycles. The van der Waals surface area contributed by atoms with Gasteiger partial charge in [0.25, 0.3) is 11.7 Å². The van der Waals surface area contributed by atoms with Crippen LogP contribution in [0.5, 0.6) is 0 Å². The van der Waals surface area contributed by atoms with Gasteiger partial charge in [0.15, 0.2) is 5.76 Å². The van der Waals surface area contributed by atoms with Crippen molar-refractivity contribution >= 4 is 23.6 Å². The summed E-state index contributed by atoms with van der Waals surface area (Å²) < 4.78 is 4.63. The van der Waals surface area contributed by atoms with Gasteiger partial charge in [-0.15, -0.1) is 4.33 Å². The SMILES string of the molecule is CC=C/C(O)=C(/OOSC)C(=O)Nc1ccccc1. The zero-order chi connectivity index (χ0) is 14.1. The number of nitrogens with one attached hydrogen (secondary N) is 1. The van der Waals surface area contributed by atoms with Crippen LogP contribution in [0.2, 0.25) is 0 Å². The minimum atomic E-state index is -0.601. The second-order valence-electron chi connectivity index (χ2n) is 3.35. The maximum Gasteiger partial charge on any atom is 0.298 e. The van der Waals surface area contributed by atoms with Crippen molar-refractivity contribution in [3.63, 3.8) is 0 Å². The summed E-state index contributed by atoms with van der Waals surface area (Å²) in [5.74, 6) is -1.22. The normalized spacial score (nSPS) is 12.1. The monoisotopic (exact) mass is 281 g/mol. The van der Waals surface area contributed by atoms with Gasteiger partial charge in [-0.05, 0) is 25.1 Å². The van der Waals surface area contributed by atoms with Crippen LogP contribution in [0, 0.1) is 0 Å². The van der Waals surface area contributed by atoms with Crippen LogP contribution in [0.15, 0.2) is 54.0 Å². The van der Waals surface area contributed by atoms with E-state index in [2.05, 4.69) is 9.65 Å². The molecule has 6 heteroatoms. The molecule has 0 saturated heterocycles. The summed E-state index contributed by atoms with van der Waals surface area (Å²) in [6.45, 7) is 1.71. The number of hydrogen-bond donors (Lipinski definition) is 2. The fraction of sp³-hybridized carbons (Fsp3) is 0.154. The van der Waals surface area contributed by atoms with Crippen LogP contribution < -0.4 is 5.32 Å². The number of allylic oxidation sites excluding steroid dienone is 2. The summed E-state index contributed by atoms with van der Waals surface area (Å²) in [6.07, 6.45) is 4.54. The second-order valence-corrected chi connectivity index (χ2v) is 3.82. The highest BCUT2D eigenvalue weighted by atomic mass is 32.2. The molecule has 0 aliphatic heterocycles. The first-order valence-corrected chi connectivity index (χ1v) is 6.63. The molecule has 5 nitrogen and oxygen atoms in total. The first-order chi connectivity index (χ1) is 9.19. The molecule has 0 saturated carbocycles. The Morgan fingerprint density at radius 2 is 2.05 bits per heavy atom. The van der Waals surface area contributed by atoms with Crippen LogP contribution in [0.4, 0.5) is 5.69 Å². The molecule has 0 fully saturated rings. The van der Waals surface area contributed by atoms with E-state index in [-0.39, 0.29) is 11.5 Å². The lowest BCUT2D eigenvalue weighted by Crippen LogP contribution is -2.17. The smallest absolute Gasteiger partial charge is 0.298 e. The summed E-state index contributed by atoms with van der Waals surface area (Å²) in [7, 11) is 0. The molecule has 0 unspecified atom stereocenters. The lowest BCUT2D eigenvalue weighted by atomic mass is 10.3. The molecular weight excluding hydrogens is 266 g/mol. The van der Waals surface area contributed by atoms with Crippen molar-refractivity contribution in [2.45, 2.75) is 6.92 Å². The van der Waals surface area contributed by atoms with Gasteiger partial charge in [-0.3, -0.25) is 4.79 Å². The molecule has 0 bridgehead atoms. The number of para-hydroxylation sites is 1. The summed E-state index contributed by atoms with van der Waals surface area (Å²) in [4.78, 5) is 16.7. The van der Waals surface area contributed by atoms with Gasteiger partial charge in [-0.2, -0.15) is 0 Å². The van der Waals surface area contributed by atoms with Crippen molar-refractivity contribution in [2.75, 3.05) is 11.6 Å². The molecule has 1 aromatic rings. The lowest BCUT2D eigenvalue weighted by Gasteiger charge is -2.08. The van der Waals surface area contributed by atoms with E-state index < -0.39 is 5.91 Å². The predicted octanol–water partition coefficient (Wildman–Crippen LogP) is 3.20. The van der Waals surface area contributed by atoms with E-state index in [0.29, 0.717) is 5.69 Å². The highest BCUT2D eigenvalue weighted by molar-refractivity contribution is 7.93. The van der Waals surface area contributed by atoms with Gasteiger partial charge in [-0.1, -0.05) is 24.3 Å². The van der Waals surface area contributed by atoms with Crippen molar-refractivity contribution in [2.24, 2.45) is 0 Å². The van der Waals surface area contributed by atoms with E-state index in [1.54, 1.807) is 43.5 Å². The van der Waals surface area contributed by atoms with Crippen molar-refractivity contribution in [3.05, 3.63) is 54.0 Å². The van der Waals surface area contributed by atoms with E-state index in [0.717, 1.165) is 12.0 Å². The van der Waals surface area contributed by atoms with E-state index >= 15 is 0 Å².